The maximum atomic E-state index is 5.61. The van der Waals surface area contributed by atoms with Gasteiger partial charge in [-0.3, -0.25) is 4.98 Å². The van der Waals surface area contributed by atoms with Gasteiger partial charge in [-0.1, -0.05) is 5.92 Å². The van der Waals surface area contributed by atoms with E-state index in [4.69, 9.17) is 15.9 Å². The molecule has 1 saturated heterocycles. The van der Waals surface area contributed by atoms with Crippen LogP contribution in [0.1, 0.15) is 0 Å². The number of hydrogen-bond donors (Lipinski definition) is 0. The van der Waals surface area contributed by atoms with E-state index in [9.17, 15) is 0 Å². The van der Waals surface area contributed by atoms with Crippen LogP contribution in [-0.4, -0.2) is 23.8 Å². The lowest BCUT2D eigenvalue weighted by atomic mass is 10.0. The third-order valence-corrected chi connectivity index (χ3v) is 2.36. The van der Waals surface area contributed by atoms with Gasteiger partial charge in [0.2, 0.25) is 5.60 Å². The molecule has 72 valence electrons. The Balaban J connectivity index is 2.14. The summed E-state index contributed by atoms with van der Waals surface area (Å²) in [5, 5.41) is 0. The maximum absolute atomic E-state index is 5.61. The minimum absolute atomic E-state index is 0.440. The Morgan fingerprint density at radius 2 is 2.36 bits per heavy atom. The molecule has 2 heterocycles. The lowest BCUT2D eigenvalue weighted by Gasteiger charge is -2.36. The molecule has 0 aromatic carbocycles. The summed E-state index contributed by atoms with van der Waals surface area (Å²) in [6.07, 6.45) is 8.68. The van der Waals surface area contributed by atoms with Crippen LogP contribution in [0.5, 0.6) is 5.75 Å². The summed E-state index contributed by atoms with van der Waals surface area (Å²) in [7, 11) is 0. The lowest BCUT2D eigenvalue weighted by molar-refractivity contribution is -0.125. The normalized spacial score (nSPS) is 18.0. The lowest BCUT2D eigenvalue weighted by Crippen LogP contribution is -2.53. The third-order valence-electron chi connectivity index (χ3n) is 1.93. The molecular formula is C10H8BrNO2. The molecule has 14 heavy (non-hydrogen) atoms. The van der Waals surface area contributed by atoms with Gasteiger partial charge in [-0.2, -0.15) is 0 Å². The predicted octanol–water partition coefficient (Wildman–Crippen LogP) is 1.63. The standard InChI is InChI=1S/C10H8BrNO2/c1-2-10(6-13-7-10)14-9-3-8(11)4-12-5-9/h1,3-5H,6-7H2. The average molecular weight is 254 g/mol. The highest BCUT2D eigenvalue weighted by Crippen LogP contribution is 2.25. The van der Waals surface area contributed by atoms with Crippen molar-refractivity contribution < 1.29 is 9.47 Å². The second kappa shape index (κ2) is 3.60. The van der Waals surface area contributed by atoms with Crippen LogP contribution < -0.4 is 4.74 Å². The molecule has 1 aliphatic rings. The van der Waals surface area contributed by atoms with Gasteiger partial charge in [0.25, 0.3) is 0 Å². The van der Waals surface area contributed by atoms with E-state index in [0.29, 0.717) is 19.0 Å². The van der Waals surface area contributed by atoms with Crippen molar-refractivity contribution in [2.45, 2.75) is 5.60 Å². The fourth-order valence-corrected chi connectivity index (χ4v) is 1.48. The van der Waals surface area contributed by atoms with Crippen molar-refractivity contribution in [3.8, 4) is 18.1 Å². The van der Waals surface area contributed by atoms with Crippen LogP contribution in [0.2, 0.25) is 0 Å². The summed E-state index contributed by atoms with van der Waals surface area (Å²) in [5.74, 6) is 3.25. The molecule has 4 heteroatoms. The molecule has 1 aliphatic heterocycles. The summed E-state index contributed by atoms with van der Waals surface area (Å²) in [4.78, 5) is 3.98. The molecular weight excluding hydrogens is 246 g/mol. The molecule has 0 unspecified atom stereocenters. The number of rotatable bonds is 2. The Kier molecular flexibility index (Phi) is 2.44. The van der Waals surface area contributed by atoms with Crippen LogP contribution in [0.15, 0.2) is 22.9 Å². The van der Waals surface area contributed by atoms with Crippen molar-refractivity contribution in [3.05, 3.63) is 22.9 Å². The van der Waals surface area contributed by atoms with Gasteiger partial charge in [0.05, 0.1) is 6.20 Å². The van der Waals surface area contributed by atoms with Crippen molar-refractivity contribution in [1.29, 1.82) is 0 Å². The number of aromatic nitrogens is 1. The van der Waals surface area contributed by atoms with Gasteiger partial charge in [0, 0.05) is 10.7 Å². The molecule has 1 aromatic rings. The largest absolute Gasteiger partial charge is 0.468 e. The molecule has 0 saturated carbocycles. The monoisotopic (exact) mass is 253 g/mol. The molecule has 0 radical (unpaired) electrons. The fourth-order valence-electron chi connectivity index (χ4n) is 1.13. The SMILES string of the molecule is C#CC1(Oc2cncc(Br)c2)COC1. The van der Waals surface area contributed by atoms with Gasteiger partial charge in [-0.05, 0) is 22.0 Å². The van der Waals surface area contributed by atoms with Crippen LogP contribution in [0, 0.1) is 12.3 Å². The number of pyridine rings is 1. The molecule has 1 fully saturated rings. The fraction of sp³-hybridized carbons (Fsp3) is 0.300. The first-order valence-electron chi connectivity index (χ1n) is 4.09. The number of halogens is 1. The summed E-state index contributed by atoms with van der Waals surface area (Å²) >= 11 is 3.31. The highest BCUT2D eigenvalue weighted by Gasteiger charge is 2.39. The van der Waals surface area contributed by atoms with Gasteiger partial charge in [0.1, 0.15) is 19.0 Å². The molecule has 1 aromatic heterocycles. The van der Waals surface area contributed by atoms with Gasteiger partial charge >= 0.3 is 0 Å². The summed E-state index contributed by atoms with van der Waals surface area (Å²) in [6.45, 7) is 0.881. The molecule has 0 N–H and O–H groups in total. The Morgan fingerprint density at radius 1 is 1.57 bits per heavy atom. The quantitative estimate of drug-likeness (QED) is 0.751. The average Bonchev–Trinajstić information content (AvgIpc) is 2.11. The van der Waals surface area contributed by atoms with E-state index in [1.54, 1.807) is 12.4 Å². The molecule has 0 amide bonds. The number of nitrogens with zero attached hydrogens (tertiary/aromatic N) is 1. The Morgan fingerprint density at radius 3 is 2.86 bits per heavy atom. The minimum atomic E-state index is -0.595. The van der Waals surface area contributed by atoms with Crippen LogP contribution in [0.25, 0.3) is 0 Å². The zero-order valence-electron chi connectivity index (χ0n) is 7.37. The van der Waals surface area contributed by atoms with Gasteiger partial charge in [-0.25, -0.2) is 0 Å². The second-order valence-electron chi connectivity index (χ2n) is 3.07. The van der Waals surface area contributed by atoms with Crippen LogP contribution in [0.3, 0.4) is 0 Å². The molecule has 0 spiro atoms. The zero-order chi connectivity index (χ0) is 10.0. The van der Waals surface area contributed by atoms with Crippen molar-refractivity contribution >= 4 is 15.9 Å². The van der Waals surface area contributed by atoms with E-state index >= 15 is 0 Å². The molecule has 3 nitrogen and oxygen atoms in total. The Labute approximate surface area is 90.6 Å². The maximum Gasteiger partial charge on any atom is 0.215 e. The van der Waals surface area contributed by atoms with Gasteiger partial charge in [0.15, 0.2) is 0 Å². The summed E-state index contributed by atoms with van der Waals surface area (Å²) in [5.41, 5.74) is -0.595. The van der Waals surface area contributed by atoms with Gasteiger partial charge < -0.3 is 9.47 Å². The second-order valence-corrected chi connectivity index (χ2v) is 3.99. The van der Waals surface area contributed by atoms with E-state index in [0.717, 1.165) is 4.47 Å². The first-order valence-corrected chi connectivity index (χ1v) is 4.88. The summed E-state index contributed by atoms with van der Waals surface area (Å²) < 4.78 is 11.5. The molecule has 2 rings (SSSR count). The van der Waals surface area contributed by atoms with E-state index in [2.05, 4.69) is 26.8 Å². The van der Waals surface area contributed by atoms with E-state index in [-0.39, 0.29) is 0 Å². The first-order chi connectivity index (χ1) is 6.74. The third kappa shape index (κ3) is 1.74. The highest BCUT2D eigenvalue weighted by atomic mass is 79.9. The molecule has 0 atom stereocenters. The van der Waals surface area contributed by atoms with Crippen LogP contribution in [-0.2, 0) is 4.74 Å². The Bertz CT molecular complexity index is 382. The Hall–Kier alpha value is -1.05. The number of ether oxygens (including phenoxy) is 2. The molecule has 0 bridgehead atoms. The van der Waals surface area contributed by atoms with Crippen LogP contribution >= 0.6 is 15.9 Å². The van der Waals surface area contributed by atoms with Crippen molar-refractivity contribution in [2.24, 2.45) is 0 Å². The van der Waals surface area contributed by atoms with Crippen LogP contribution in [0.4, 0.5) is 0 Å². The van der Waals surface area contributed by atoms with Gasteiger partial charge in [-0.15, -0.1) is 6.42 Å². The van der Waals surface area contributed by atoms with E-state index in [1.807, 2.05) is 6.07 Å². The van der Waals surface area contributed by atoms with Crippen molar-refractivity contribution in [1.82, 2.24) is 4.98 Å². The van der Waals surface area contributed by atoms with E-state index < -0.39 is 5.60 Å². The zero-order valence-corrected chi connectivity index (χ0v) is 8.95. The first kappa shape index (κ1) is 9.50. The number of terminal acetylenes is 1. The van der Waals surface area contributed by atoms with Crippen molar-refractivity contribution in [2.75, 3.05) is 13.2 Å². The molecule has 0 aliphatic carbocycles. The summed E-state index contributed by atoms with van der Waals surface area (Å²) in [6, 6.07) is 1.82. The van der Waals surface area contributed by atoms with Crippen molar-refractivity contribution in [3.63, 3.8) is 0 Å². The van der Waals surface area contributed by atoms with E-state index in [1.165, 1.54) is 0 Å². The number of hydrogen-bond acceptors (Lipinski definition) is 3. The minimum Gasteiger partial charge on any atom is -0.468 e. The smallest absolute Gasteiger partial charge is 0.215 e. The topological polar surface area (TPSA) is 31.4 Å². The predicted molar refractivity (Wildman–Crippen MR) is 54.9 cm³/mol. The highest BCUT2D eigenvalue weighted by molar-refractivity contribution is 9.10.